The number of aliphatic hydroxyl groups excluding tert-OH is 2. The van der Waals surface area contributed by atoms with Gasteiger partial charge in [-0.2, -0.15) is 0 Å². The third-order valence-electron chi connectivity index (χ3n) is 8.17. The van der Waals surface area contributed by atoms with Gasteiger partial charge in [0.1, 0.15) is 22.8 Å². The average molecular weight is 535 g/mol. The van der Waals surface area contributed by atoms with E-state index < -0.39 is 58.0 Å². The van der Waals surface area contributed by atoms with Crippen LogP contribution in [0.1, 0.15) is 22.3 Å². The van der Waals surface area contributed by atoms with Crippen molar-refractivity contribution in [3.8, 4) is 16.9 Å². The van der Waals surface area contributed by atoms with Gasteiger partial charge in [-0.3, -0.25) is 24.3 Å². The SMILES string of the molecule is CN(C)c1cc(-c2ccncc2)c(O)c2c1C[C@H]1C[C@H]3[C@H](N(C)C)C(O)=C(C(N)=O)C(=O)[C@@]3(O)C(O)=C1C2=O. The number of aromatic hydroxyl groups is 1. The van der Waals surface area contributed by atoms with Crippen LogP contribution in [-0.4, -0.2) is 87.6 Å². The summed E-state index contributed by atoms with van der Waals surface area (Å²) in [5, 5.41) is 45.5. The zero-order valence-corrected chi connectivity index (χ0v) is 22.0. The second-order valence-electron chi connectivity index (χ2n) is 10.7. The van der Waals surface area contributed by atoms with E-state index in [4.69, 9.17) is 5.73 Å². The molecule has 4 atom stereocenters. The number of aliphatic hydroxyl groups is 3. The fourth-order valence-corrected chi connectivity index (χ4v) is 6.45. The Labute approximate surface area is 224 Å². The minimum atomic E-state index is -2.67. The van der Waals surface area contributed by atoms with Crippen molar-refractivity contribution in [1.82, 2.24) is 9.88 Å². The zero-order valence-electron chi connectivity index (χ0n) is 22.0. The van der Waals surface area contributed by atoms with Crippen molar-refractivity contribution in [3.05, 3.63) is 64.4 Å². The van der Waals surface area contributed by atoms with Crippen molar-refractivity contribution in [2.24, 2.45) is 17.6 Å². The van der Waals surface area contributed by atoms with Gasteiger partial charge >= 0.3 is 0 Å². The number of benzene rings is 1. The van der Waals surface area contributed by atoms with Gasteiger partial charge in [0.2, 0.25) is 5.78 Å². The molecule has 0 radical (unpaired) electrons. The fraction of sp³-hybridized carbons (Fsp3) is 0.357. The smallest absolute Gasteiger partial charge is 0.255 e. The highest BCUT2D eigenvalue weighted by Crippen LogP contribution is 2.54. The number of rotatable bonds is 4. The van der Waals surface area contributed by atoms with E-state index in [0.29, 0.717) is 22.4 Å². The van der Waals surface area contributed by atoms with Crippen LogP contribution in [0.25, 0.3) is 11.1 Å². The molecule has 5 rings (SSSR count). The number of fused-ring (bicyclic) bond motifs is 3. The van der Waals surface area contributed by atoms with E-state index in [2.05, 4.69) is 4.98 Å². The summed E-state index contributed by atoms with van der Waals surface area (Å²) in [6, 6.07) is 4.12. The highest BCUT2D eigenvalue weighted by molar-refractivity contribution is 6.25. The maximum absolute atomic E-state index is 14.1. The molecule has 39 heavy (non-hydrogen) atoms. The molecule has 11 nitrogen and oxygen atoms in total. The van der Waals surface area contributed by atoms with Gasteiger partial charge in [0.05, 0.1) is 11.6 Å². The largest absolute Gasteiger partial charge is 0.510 e. The van der Waals surface area contributed by atoms with Gasteiger partial charge in [-0.1, -0.05) is 0 Å². The number of ketones is 2. The second-order valence-corrected chi connectivity index (χ2v) is 10.7. The molecule has 204 valence electrons. The van der Waals surface area contributed by atoms with Gasteiger partial charge in [0, 0.05) is 49.2 Å². The third kappa shape index (κ3) is 3.57. The van der Waals surface area contributed by atoms with Gasteiger partial charge < -0.3 is 31.1 Å². The first kappa shape index (κ1) is 26.4. The van der Waals surface area contributed by atoms with Gasteiger partial charge in [0.25, 0.3) is 5.91 Å². The Kier molecular flexibility index (Phi) is 6.04. The Morgan fingerprint density at radius 2 is 1.74 bits per heavy atom. The Morgan fingerprint density at radius 1 is 1.10 bits per heavy atom. The summed E-state index contributed by atoms with van der Waals surface area (Å²) in [6.45, 7) is 0. The van der Waals surface area contributed by atoms with Crippen LogP contribution >= 0.6 is 0 Å². The molecule has 0 saturated heterocycles. The lowest BCUT2D eigenvalue weighted by Crippen LogP contribution is -2.63. The van der Waals surface area contributed by atoms with Crippen molar-refractivity contribution >= 4 is 23.2 Å². The number of nitrogens with zero attached hydrogens (tertiary/aromatic N) is 3. The molecule has 0 saturated carbocycles. The van der Waals surface area contributed by atoms with E-state index in [1.54, 1.807) is 44.7 Å². The quantitative estimate of drug-likeness (QED) is 0.359. The number of Topliss-reactive ketones (excluding diaryl/α,β-unsaturated/α-hetero) is 2. The number of carbonyl (C=O) groups is 3. The van der Waals surface area contributed by atoms with Crippen LogP contribution in [0.4, 0.5) is 5.69 Å². The van der Waals surface area contributed by atoms with E-state index in [1.165, 1.54) is 4.90 Å². The first-order chi connectivity index (χ1) is 18.3. The highest BCUT2D eigenvalue weighted by Gasteiger charge is 2.63. The number of pyridine rings is 1. The Bertz CT molecular complexity index is 1490. The molecule has 0 spiro atoms. The van der Waals surface area contributed by atoms with Crippen molar-refractivity contribution in [3.63, 3.8) is 0 Å². The summed E-state index contributed by atoms with van der Waals surface area (Å²) >= 11 is 0. The minimum Gasteiger partial charge on any atom is -0.510 e. The number of carbonyl (C=O) groups excluding carboxylic acids is 3. The van der Waals surface area contributed by atoms with Crippen LogP contribution in [0, 0.1) is 11.8 Å². The van der Waals surface area contributed by atoms with Gasteiger partial charge in [-0.05, 0) is 62.2 Å². The molecule has 3 aliphatic rings. The maximum atomic E-state index is 14.1. The van der Waals surface area contributed by atoms with Crippen LogP contribution in [0.15, 0.2) is 53.3 Å². The van der Waals surface area contributed by atoms with Gasteiger partial charge in [0.15, 0.2) is 11.4 Å². The monoisotopic (exact) mass is 534 g/mol. The predicted octanol–water partition coefficient (Wildman–Crippen LogP) is 1.25. The van der Waals surface area contributed by atoms with Gasteiger partial charge in [-0.25, -0.2) is 0 Å². The Balaban J connectivity index is 1.76. The van der Waals surface area contributed by atoms with E-state index in [-0.39, 0.29) is 29.7 Å². The molecular formula is C28H30N4O7. The molecule has 2 aromatic rings. The fourth-order valence-electron chi connectivity index (χ4n) is 6.45. The summed E-state index contributed by atoms with van der Waals surface area (Å²) < 4.78 is 0. The topological polar surface area (TPSA) is 178 Å². The summed E-state index contributed by atoms with van der Waals surface area (Å²) in [6.07, 6.45) is 3.36. The number of aromatic nitrogens is 1. The normalized spacial score (nSPS) is 26.4. The number of primary amides is 1. The molecule has 6 N–H and O–H groups in total. The number of phenols is 1. The number of allylic oxidation sites excluding steroid dienone is 1. The molecule has 1 aromatic carbocycles. The van der Waals surface area contributed by atoms with Crippen LogP contribution in [-0.2, 0) is 16.0 Å². The predicted molar refractivity (Wildman–Crippen MR) is 141 cm³/mol. The zero-order chi connectivity index (χ0) is 28.5. The minimum absolute atomic E-state index is 0.0332. The van der Waals surface area contributed by atoms with Crippen molar-refractivity contribution in [1.29, 1.82) is 0 Å². The van der Waals surface area contributed by atoms with Crippen LogP contribution in [0.5, 0.6) is 5.75 Å². The highest BCUT2D eigenvalue weighted by atomic mass is 16.3. The molecule has 3 aliphatic carbocycles. The van der Waals surface area contributed by atoms with Crippen molar-refractivity contribution < 1.29 is 34.8 Å². The first-order valence-electron chi connectivity index (χ1n) is 12.4. The van der Waals surface area contributed by atoms with Crippen LogP contribution < -0.4 is 10.6 Å². The number of likely N-dealkylation sites (N-methyl/N-ethyl adjacent to an activating group) is 1. The number of anilines is 1. The van der Waals surface area contributed by atoms with Gasteiger partial charge in [-0.15, -0.1) is 0 Å². The lowest BCUT2D eigenvalue weighted by molar-refractivity contribution is -0.148. The van der Waals surface area contributed by atoms with Crippen LogP contribution in [0.2, 0.25) is 0 Å². The number of nitrogens with two attached hydrogens (primary N) is 1. The Morgan fingerprint density at radius 3 is 2.31 bits per heavy atom. The molecule has 1 heterocycles. The first-order valence-corrected chi connectivity index (χ1v) is 12.4. The number of hydrogen-bond acceptors (Lipinski definition) is 10. The molecule has 0 bridgehead atoms. The average Bonchev–Trinajstić information content (AvgIpc) is 2.86. The Hall–Kier alpha value is -4.22. The van der Waals surface area contributed by atoms with Crippen LogP contribution in [0.3, 0.4) is 0 Å². The van der Waals surface area contributed by atoms with E-state index in [1.807, 2.05) is 19.0 Å². The maximum Gasteiger partial charge on any atom is 0.255 e. The lowest BCUT2D eigenvalue weighted by Gasteiger charge is -2.50. The second kappa shape index (κ2) is 8.92. The number of hydrogen-bond donors (Lipinski definition) is 5. The number of amides is 1. The standard InChI is InChI=1S/C28H30N4O7/c1-31(2)17-11-14(12-5-7-30-8-6-12)22(33)19-15(17)9-13-10-16-21(32(3)4)24(35)20(27(29)38)26(37)28(16,39)25(36)18(13)23(19)34/h5-8,11,13,16,21,33,35-36,39H,9-10H2,1-4H3,(H2,29,38)/t13-,16-,21-,28-/m0/s1. The molecule has 1 amide bonds. The van der Waals surface area contributed by atoms with Crippen molar-refractivity contribution in [2.45, 2.75) is 24.5 Å². The summed E-state index contributed by atoms with van der Waals surface area (Å²) in [7, 11) is 6.81. The van der Waals surface area contributed by atoms with E-state index in [9.17, 15) is 34.8 Å². The molecule has 0 aliphatic heterocycles. The number of phenolic OH excluding ortho intramolecular Hbond substituents is 1. The summed E-state index contributed by atoms with van der Waals surface area (Å²) in [5.41, 5.74) is 3.90. The molecular weight excluding hydrogens is 504 g/mol. The van der Waals surface area contributed by atoms with E-state index in [0.717, 1.165) is 0 Å². The summed E-state index contributed by atoms with van der Waals surface area (Å²) in [4.78, 5) is 47.0. The van der Waals surface area contributed by atoms with Crippen molar-refractivity contribution in [2.75, 3.05) is 33.1 Å². The molecule has 0 fully saturated rings. The third-order valence-corrected chi connectivity index (χ3v) is 8.17. The summed E-state index contributed by atoms with van der Waals surface area (Å²) in [5.74, 6) is -6.74. The van der Waals surface area contributed by atoms with E-state index >= 15 is 0 Å². The molecule has 1 aromatic heterocycles. The lowest BCUT2D eigenvalue weighted by atomic mass is 9.58. The molecule has 0 unspecified atom stereocenters. The molecule has 11 heteroatoms.